The molecule has 0 heterocycles. The van der Waals surface area contributed by atoms with E-state index in [1.165, 1.54) is 5.56 Å². The highest BCUT2D eigenvalue weighted by molar-refractivity contribution is 6.31. The first-order valence-corrected chi connectivity index (χ1v) is 7.50. The molecule has 0 aliphatic carbocycles. The number of amidine groups is 1. The Morgan fingerprint density at radius 3 is 2.59 bits per heavy atom. The first-order chi connectivity index (χ1) is 10.6. The molecule has 112 valence electrons. The highest BCUT2D eigenvalue weighted by Gasteiger charge is 2.10. The van der Waals surface area contributed by atoms with Gasteiger partial charge in [-0.05, 0) is 36.6 Å². The summed E-state index contributed by atoms with van der Waals surface area (Å²) >= 11 is 6.21. The number of aliphatic imine (C=N–C) groups is 1. The molecule has 1 N–H and O–H groups in total. The summed E-state index contributed by atoms with van der Waals surface area (Å²) < 4.78 is 0. The second-order valence-corrected chi connectivity index (χ2v) is 5.52. The molecule has 2 aromatic carbocycles. The number of hydrogen-bond acceptors (Lipinski definition) is 2. The molecule has 3 nitrogen and oxygen atoms in total. The standard InChI is InChI=1S/C18H18ClN3/c1-13-7-3-4-8-15(13)11-18(21-12-20)22-14(2)16-9-5-6-10-17(16)19/h3-10,14H,11H2,1-2H3,(H,21,22). The van der Waals surface area contributed by atoms with Gasteiger partial charge in [0.25, 0.3) is 0 Å². The van der Waals surface area contributed by atoms with E-state index < -0.39 is 0 Å². The van der Waals surface area contributed by atoms with Crippen LogP contribution in [0.2, 0.25) is 5.02 Å². The van der Waals surface area contributed by atoms with Crippen LogP contribution in [0.15, 0.2) is 53.5 Å². The monoisotopic (exact) mass is 311 g/mol. The van der Waals surface area contributed by atoms with Crippen molar-refractivity contribution in [3.8, 4) is 6.19 Å². The highest BCUT2D eigenvalue weighted by Crippen LogP contribution is 2.25. The molecule has 0 aliphatic rings. The topological polar surface area (TPSA) is 48.2 Å². The summed E-state index contributed by atoms with van der Waals surface area (Å²) in [7, 11) is 0. The predicted molar refractivity (Wildman–Crippen MR) is 90.9 cm³/mol. The van der Waals surface area contributed by atoms with Gasteiger partial charge in [-0.1, -0.05) is 54.1 Å². The quantitative estimate of drug-likeness (QED) is 0.393. The van der Waals surface area contributed by atoms with E-state index in [1.807, 2.05) is 55.6 Å². The molecule has 1 unspecified atom stereocenters. The summed E-state index contributed by atoms with van der Waals surface area (Å²) in [5.41, 5.74) is 3.28. The van der Waals surface area contributed by atoms with Crippen LogP contribution in [0.3, 0.4) is 0 Å². The van der Waals surface area contributed by atoms with Gasteiger partial charge in [-0.25, -0.2) is 0 Å². The number of nitriles is 1. The van der Waals surface area contributed by atoms with E-state index in [4.69, 9.17) is 16.9 Å². The first kappa shape index (κ1) is 16.1. The van der Waals surface area contributed by atoms with Gasteiger partial charge in [-0.15, -0.1) is 0 Å². The summed E-state index contributed by atoms with van der Waals surface area (Å²) in [5.74, 6) is 0.643. The number of hydrogen-bond donors (Lipinski definition) is 1. The third-order valence-corrected chi connectivity index (χ3v) is 3.87. The maximum Gasteiger partial charge on any atom is 0.182 e. The lowest BCUT2D eigenvalue weighted by atomic mass is 10.0. The van der Waals surface area contributed by atoms with Crippen molar-refractivity contribution in [2.75, 3.05) is 0 Å². The molecular formula is C18H18ClN3. The van der Waals surface area contributed by atoms with Crippen LogP contribution < -0.4 is 5.32 Å². The van der Waals surface area contributed by atoms with Gasteiger partial charge in [0.2, 0.25) is 0 Å². The minimum Gasteiger partial charge on any atom is -0.280 e. The third kappa shape index (κ3) is 4.09. The number of halogens is 1. The van der Waals surface area contributed by atoms with Crippen LogP contribution >= 0.6 is 11.6 Å². The van der Waals surface area contributed by atoms with Crippen LogP contribution in [-0.4, -0.2) is 5.84 Å². The molecule has 0 saturated heterocycles. The molecule has 0 bridgehead atoms. The minimum absolute atomic E-state index is 0.117. The fraction of sp³-hybridized carbons (Fsp3) is 0.222. The van der Waals surface area contributed by atoms with Crippen molar-refractivity contribution < 1.29 is 0 Å². The summed E-state index contributed by atoms with van der Waals surface area (Å²) in [6.45, 7) is 4.02. The smallest absolute Gasteiger partial charge is 0.182 e. The zero-order valence-corrected chi connectivity index (χ0v) is 13.4. The Morgan fingerprint density at radius 2 is 1.91 bits per heavy atom. The molecule has 2 rings (SSSR count). The molecule has 0 aliphatic heterocycles. The number of nitrogens with zero attached hydrogens (tertiary/aromatic N) is 2. The van der Waals surface area contributed by atoms with Crippen molar-refractivity contribution in [3.05, 3.63) is 70.2 Å². The van der Waals surface area contributed by atoms with Crippen LogP contribution in [0.1, 0.15) is 29.7 Å². The van der Waals surface area contributed by atoms with E-state index in [9.17, 15) is 0 Å². The summed E-state index contributed by atoms with van der Waals surface area (Å²) in [4.78, 5) is 4.63. The van der Waals surface area contributed by atoms with Gasteiger partial charge in [0.05, 0.1) is 6.04 Å². The van der Waals surface area contributed by atoms with Crippen LogP contribution in [0.25, 0.3) is 0 Å². The van der Waals surface area contributed by atoms with E-state index in [-0.39, 0.29) is 6.04 Å². The van der Waals surface area contributed by atoms with E-state index in [0.29, 0.717) is 17.3 Å². The Labute approximate surface area is 136 Å². The number of benzene rings is 2. The number of nitrogens with one attached hydrogen (secondary N) is 1. The van der Waals surface area contributed by atoms with Gasteiger partial charge in [0.15, 0.2) is 6.19 Å². The normalized spacial score (nSPS) is 12.5. The van der Waals surface area contributed by atoms with Gasteiger partial charge < -0.3 is 0 Å². The molecule has 0 spiro atoms. The van der Waals surface area contributed by atoms with Gasteiger partial charge in [-0.3, -0.25) is 10.3 Å². The number of rotatable bonds is 4. The Bertz CT molecular complexity index is 716. The van der Waals surface area contributed by atoms with E-state index >= 15 is 0 Å². The van der Waals surface area contributed by atoms with Crippen molar-refractivity contribution in [1.29, 1.82) is 5.26 Å². The average Bonchev–Trinajstić information content (AvgIpc) is 2.50. The first-order valence-electron chi connectivity index (χ1n) is 7.12. The molecule has 0 aromatic heterocycles. The van der Waals surface area contributed by atoms with Gasteiger partial charge in [-0.2, -0.15) is 5.26 Å². The fourth-order valence-electron chi connectivity index (χ4n) is 2.29. The lowest BCUT2D eigenvalue weighted by Gasteiger charge is -2.13. The second kappa shape index (κ2) is 7.63. The second-order valence-electron chi connectivity index (χ2n) is 5.11. The Hall–Kier alpha value is -2.31. The molecule has 2 aromatic rings. The van der Waals surface area contributed by atoms with Gasteiger partial charge in [0.1, 0.15) is 5.84 Å². The van der Waals surface area contributed by atoms with Crippen molar-refractivity contribution in [1.82, 2.24) is 5.32 Å². The molecule has 0 saturated carbocycles. The van der Waals surface area contributed by atoms with Crippen molar-refractivity contribution in [2.45, 2.75) is 26.3 Å². The van der Waals surface area contributed by atoms with Gasteiger partial charge in [0, 0.05) is 11.4 Å². The maximum atomic E-state index is 8.95. The minimum atomic E-state index is -0.117. The summed E-state index contributed by atoms with van der Waals surface area (Å²) in [6, 6.07) is 15.6. The zero-order valence-electron chi connectivity index (χ0n) is 12.7. The molecule has 1 atom stereocenters. The Kier molecular flexibility index (Phi) is 5.57. The van der Waals surface area contributed by atoms with Crippen LogP contribution in [0, 0.1) is 18.4 Å². The molecule has 0 amide bonds. The molecular weight excluding hydrogens is 294 g/mol. The molecule has 0 fully saturated rings. The van der Waals surface area contributed by atoms with E-state index in [1.54, 1.807) is 0 Å². The van der Waals surface area contributed by atoms with E-state index in [0.717, 1.165) is 11.1 Å². The average molecular weight is 312 g/mol. The lowest BCUT2D eigenvalue weighted by Crippen LogP contribution is -2.21. The largest absolute Gasteiger partial charge is 0.280 e. The fourth-order valence-corrected chi connectivity index (χ4v) is 2.59. The van der Waals surface area contributed by atoms with Crippen LogP contribution in [0.4, 0.5) is 0 Å². The summed E-state index contributed by atoms with van der Waals surface area (Å²) in [6.07, 6.45) is 2.56. The third-order valence-electron chi connectivity index (χ3n) is 3.52. The maximum absolute atomic E-state index is 8.95. The molecule has 0 radical (unpaired) electrons. The Morgan fingerprint density at radius 1 is 1.23 bits per heavy atom. The molecule has 4 heteroatoms. The predicted octanol–water partition coefficient (Wildman–Crippen LogP) is 4.42. The van der Waals surface area contributed by atoms with Crippen LogP contribution in [0.5, 0.6) is 0 Å². The lowest BCUT2D eigenvalue weighted by molar-refractivity contribution is 0.808. The summed E-state index contributed by atoms with van der Waals surface area (Å²) in [5, 5.41) is 12.3. The van der Waals surface area contributed by atoms with Gasteiger partial charge >= 0.3 is 0 Å². The molecule has 22 heavy (non-hydrogen) atoms. The number of aryl methyl sites for hydroxylation is 1. The van der Waals surface area contributed by atoms with Crippen LogP contribution in [-0.2, 0) is 6.42 Å². The van der Waals surface area contributed by atoms with E-state index in [2.05, 4.69) is 23.3 Å². The Balaban J connectivity index is 2.26. The van der Waals surface area contributed by atoms with Crippen molar-refractivity contribution in [2.24, 2.45) is 4.99 Å². The SMILES string of the molecule is Cc1ccccc1CC(=NC(C)c1ccccc1Cl)NC#N. The highest BCUT2D eigenvalue weighted by atomic mass is 35.5. The van der Waals surface area contributed by atoms with Crippen molar-refractivity contribution >= 4 is 17.4 Å². The zero-order chi connectivity index (χ0) is 15.9. The van der Waals surface area contributed by atoms with Crippen molar-refractivity contribution in [3.63, 3.8) is 0 Å².